The van der Waals surface area contributed by atoms with Crippen molar-refractivity contribution in [1.29, 1.82) is 5.26 Å². The van der Waals surface area contributed by atoms with Crippen LogP contribution in [0.15, 0.2) is 0 Å². The Hall–Kier alpha value is -0.830. The lowest BCUT2D eigenvalue weighted by atomic mass is 9.99. The molecule has 0 aromatic carbocycles. The zero-order valence-electron chi connectivity index (χ0n) is 9.90. The molecule has 1 aliphatic rings. The molecule has 17 heavy (non-hydrogen) atoms. The Morgan fingerprint density at radius 1 is 1.65 bits per heavy atom. The van der Waals surface area contributed by atoms with Gasteiger partial charge in [-0.25, -0.2) is 4.98 Å². The molecule has 92 valence electrons. The molecule has 0 aliphatic carbocycles. The largest absolute Gasteiger partial charge is 0.359 e. The summed E-state index contributed by atoms with van der Waals surface area (Å²) in [4.78, 5) is 6.99. The number of aromatic nitrogens is 1. The number of nitrogens with one attached hydrogen (secondary N) is 1. The fraction of sp³-hybridized carbons (Fsp3) is 0.636. The van der Waals surface area contributed by atoms with Gasteiger partial charge in [0.15, 0.2) is 10.3 Å². The number of anilines is 1. The van der Waals surface area contributed by atoms with E-state index in [0.29, 0.717) is 22.1 Å². The maximum absolute atomic E-state index is 8.82. The average Bonchev–Trinajstić information content (AvgIpc) is 2.64. The standard InChI is InChI=1S/C11H15ClN4S/c1-7-5-8(3-4-16(7)2)14-11-15-10(12)9(6-13)17-11/h7-8H,3-5H2,1-2H3,(H,14,15). The van der Waals surface area contributed by atoms with Crippen molar-refractivity contribution in [2.45, 2.75) is 31.8 Å². The SMILES string of the molecule is CC1CC(Nc2nc(Cl)c(C#N)s2)CCN1C. The zero-order valence-corrected chi connectivity index (χ0v) is 11.5. The molecule has 6 heteroatoms. The van der Waals surface area contributed by atoms with Crippen LogP contribution in [-0.4, -0.2) is 35.6 Å². The number of thiazole rings is 1. The van der Waals surface area contributed by atoms with Crippen molar-refractivity contribution < 1.29 is 0 Å². The highest BCUT2D eigenvalue weighted by atomic mass is 35.5. The Bertz CT molecular complexity index is 439. The van der Waals surface area contributed by atoms with Gasteiger partial charge in [0.1, 0.15) is 10.9 Å². The van der Waals surface area contributed by atoms with Crippen molar-refractivity contribution in [3.8, 4) is 6.07 Å². The van der Waals surface area contributed by atoms with Crippen LogP contribution in [0.1, 0.15) is 24.6 Å². The highest BCUT2D eigenvalue weighted by molar-refractivity contribution is 7.16. The van der Waals surface area contributed by atoms with Crippen LogP contribution < -0.4 is 5.32 Å². The third-order valence-electron chi connectivity index (χ3n) is 3.22. The monoisotopic (exact) mass is 270 g/mol. The van der Waals surface area contributed by atoms with Crippen LogP contribution in [-0.2, 0) is 0 Å². The molecular weight excluding hydrogens is 256 g/mol. The van der Waals surface area contributed by atoms with Gasteiger partial charge in [-0.2, -0.15) is 5.26 Å². The molecule has 2 atom stereocenters. The molecule has 1 aromatic rings. The molecule has 2 rings (SSSR count). The number of hydrogen-bond donors (Lipinski definition) is 1. The number of likely N-dealkylation sites (tertiary alicyclic amines) is 1. The van der Waals surface area contributed by atoms with Crippen LogP contribution in [0, 0.1) is 11.3 Å². The predicted molar refractivity (Wildman–Crippen MR) is 70.6 cm³/mol. The van der Waals surface area contributed by atoms with E-state index in [4.69, 9.17) is 16.9 Å². The molecule has 4 nitrogen and oxygen atoms in total. The van der Waals surface area contributed by atoms with Crippen LogP contribution in [0.5, 0.6) is 0 Å². The molecule has 2 unspecified atom stereocenters. The number of halogens is 1. The van der Waals surface area contributed by atoms with Gasteiger partial charge < -0.3 is 10.2 Å². The summed E-state index contributed by atoms with van der Waals surface area (Å²) < 4.78 is 0. The molecule has 0 amide bonds. The summed E-state index contributed by atoms with van der Waals surface area (Å²) in [5, 5.41) is 13.3. The normalized spacial score (nSPS) is 25.5. The number of nitrogens with zero attached hydrogens (tertiary/aromatic N) is 3. The first kappa shape index (κ1) is 12.6. The van der Waals surface area contributed by atoms with Gasteiger partial charge in [-0.3, -0.25) is 0 Å². The van der Waals surface area contributed by atoms with Gasteiger partial charge in [0.25, 0.3) is 0 Å². The number of rotatable bonds is 2. The Morgan fingerprint density at radius 2 is 2.41 bits per heavy atom. The summed E-state index contributed by atoms with van der Waals surface area (Å²) in [7, 11) is 2.15. The molecule has 0 radical (unpaired) electrons. The van der Waals surface area contributed by atoms with Gasteiger partial charge in [-0.15, -0.1) is 0 Å². The fourth-order valence-corrected chi connectivity index (χ4v) is 3.05. The van der Waals surface area contributed by atoms with Crippen molar-refractivity contribution in [1.82, 2.24) is 9.88 Å². The molecule has 1 saturated heterocycles. The lowest BCUT2D eigenvalue weighted by Crippen LogP contribution is -2.42. The Labute approximate surface area is 110 Å². The minimum absolute atomic E-state index is 0.306. The summed E-state index contributed by atoms with van der Waals surface area (Å²) in [6.07, 6.45) is 2.19. The highest BCUT2D eigenvalue weighted by Gasteiger charge is 2.23. The number of piperidine rings is 1. The maximum atomic E-state index is 8.82. The van der Waals surface area contributed by atoms with Crippen molar-refractivity contribution in [2.24, 2.45) is 0 Å². The first-order chi connectivity index (χ1) is 8.10. The first-order valence-corrected chi connectivity index (χ1v) is 6.82. The smallest absolute Gasteiger partial charge is 0.185 e. The second kappa shape index (κ2) is 5.21. The Balaban J connectivity index is 1.99. The minimum Gasteiger partial charge on any atom is -0.359 e. The van der Waals surface area contributed by atoms with Crippen molar-refractivity contribution >= 4 is 28.1 Å². The summed E-state index contributed by atoms with van der Waals surface area (Å²) in [5.74, 6) is 0. The van der Waals surface area contributed by atoms with Gasteiger partial charge in [-0.1, -0.05) is 22.9 Å². The van der Waals surface area contributed by atoms with E-state index in [1.54, 1.807) is 0 Å². The maximum Gasteiger partial charge on any atom is 0.185 e. The van der Waals surface area contributed by atoms with Gasteiger partial charge >= 0.3 is 0 Å². The fourth-order valence-electron chi connectivity index (χ4n) is 2.03. The van der Waals surface area contributed by atoms with E-state index in [0.717, 1.165) is 24.5 Å². The second-order valence-electron chi connectivity index (χ2n) is 4.45. The van der Waals surface area contributed by atoms with E-state index in [-0.39, 0.29) is 0 Å². The highest BCUT2D eigenvalue weighted by Crippen LogP contribution is 2.28. The third kappa shape index (κ3) is 2.89. The van der Waals surface area contributed by atoms with Crippen molar-refractivity contribution in [3.63, 3.8) is 0 Å². The van der Waals surface area contributed by atoms with E-state index in [1.165, 1.54) is 11.3 Å². The molecular formula is C11H15ClN4S. The molecule has 2 heterocycles. The molecule has 1 aromatic heterocycles. The molecule has 1 fully saturated rings. The van der Waals surface area contributed by atoms with Gasteiger partial charge in [-0.05, 0) is 26.8 Å². The summed E-state index contributed by atoms with van der Waals surface area (Å²) >= 11 is 7.17. The minimum atomic E-state index is 0.306. The van der Waals surface area contributed by atoms with Gasteiger partial charge in [0.05, 0.1) is 0 Å². The van der Waals surface area contributed by atoms with Gasteiger partial charge in [0.2, 0.25) is 0 Å². The molecule has 1 N–H and O–H groups in total. The summed E-state index contributed by atoms with van der Waals surface area (Å²) in [5.41, 5.74) is 0. The van der Waals surface area contributed by atoms with E-state index in [1.807, 2.05) is 6.07 Å². The number of nitriles is 1. The van der Waals surface area contributed by atoms with Gasteiger partial charge in [0, 0.05) is 18.6 Å². The second-order valence-corrected chi connectivity index (χ2v) is 5.80. The molecule has 0 saturated carbocycles. The zero-order chi connectivity index (χ0) is 12.4. The lowest BCUT2D eigenvalue weighted by molar-refractivity contribution is 0.190. The summed E-state index contributed by atoms with van der Waals surface area (Å²) in [6.45, 7) is 3.31. The van der Waals surface area contributed by atoms with Crippen molar-refractivity contribution in [2.75, 3.05) is 18.9 Å². The van der Waals surface area contributed by atoms with Crippen LogP contribution in [0.4, 0.5) is 5.13 Å². The van der Waals surface area contributed by atoms with E-state index >= 15 is 0 Å². The molecule has 0 spiro atoms. The van der Waals surface area contributed by atoms with Crippen LogP contribution in [0.2, 0.25) is 5.15 Å². The summed E-state index contributed by atoms with van der Waals surface area (Å²) in [6, 6.07) is 3.05. The Kier molecular flexibility index (Phi) is 3.87. The predicted octanol–water partition coefficient (Wildman–Crippen LogP) is 2.56. The third-order valence-corrected chi connectivity index (χ3v) is 4.50. The quantitative estimate of drug-likeness (QED) is 0.897. The van der Waals surface area contributed by atoms with E-state index in [2.05, 4.69) is 29.2 Å². The van der Waals surface area contributed by atoms with Crippen LogP contribution in [0.3, 0.4) is 0 Å². The lowest BCUT2D eigenvalue weighted by Gasteiger charge is -2.35. The van der Waals surface area contributed by atoms with Crippen LogP contribution >= 0.6 is 22.9 Å². The topological polar surface area (TPSA) is 52.0 Å². The number of hydrogen-bond acceptors (Lipinski definition) is 5. The van der Waals surface area contributed by atoms with E-state index < -0.39 is 0 Å². The van der Waals surface area contributed by atoms with Crippen LogP contribution in [0.25, 0.3) is 0 Å². The molecule has 1 aliphatic heterocycles. The van der Waals surface area contributed by atoms with Crippen molar-refractivity contribution in [3.05, 3.63) is 10.0 Å². The molecule has 0 bridgehead atoms. The Morgan fingerprint density at radius 3 is 3.00 bits per heavy atom. The van der Waals surface area contributed by atoms with E-state index in [9.17, 15) is 0 Å². The first-order valence-electron chi connectivity index (χ1n) is 5.63. The average molecular weight is 271 g/mol.